The molecule has 32 heavy (non-hydrogen) atoms. The van der Waals surface area contributed by atoms with Gasteiger partial charge in [0.2, 0.25) is 5.91 Å². The fraction of sp³-hybridized carbons (Fsp3) is 0.160. The normalized spacial score (nSPS) is 17.8. The first-order valence-electron chi connectivity index (χ1n) is 10.4. The third kappa shape index (κ3) is 3.41. The Morgan fingerprint density at radius 3 is 2.44 bits per heavy atom. The third-order valence-corrected chi connectivity index (χ3v) is 5.94. The summed E-state index contributed by atoms with van der Waals surface area (Å²) in [7, 11) is 0. The Bertz CT molecular complexity index is 1230. The van der Waals surface area contributed by atoms with Gasteiger partial charge in [0.05, 0.1) is 17.8 Å². The highest BCUT2D eigenvalue weighted by atomic mass is 19.1. The van der Waals surface area contributed by atoms with Crippen LogP contribution in [0.5, 0.6) is 0 Å². The second-order valence-corrected chi connectivity index (χ2v) is 7.86. The molecule has 1 atom stereocenters. The minimum atomic E-state index is -0.798. The lowest BCUT2D eigenvalue weighted by Crippen LogP contribution is -2.59. The lowest BCUT2D eigenvalue weighted by atomic mass is 10.0. The zero-order valence-electron chi connectivity index (χ0n) is 17.1. The van der Waals surface area contributed by atoms with Crippen molar-refractivity contribution < 1.29 is 18.8 Å². The Balaban J connectivity index is 1.45. The minimum Gasteiger partial charge on any atom is -0.334 e. The molecule has 0 aromatic heterocycles. The first-order chi connectivity index (χ1) is 15.5. The number of halogens is 1. The average molecular weight is 429 g/mol. The number of carbonyl (C=O) groups excluding carboxylic acids is 3. The van der Waals surface area contributed by atoms with Gasteiger partial charge in [0.1, 0.15) is 11.9 Å². The fourth-order valence-electron chi connectivity index (χ4n) is 4.26. The van der Waals surface area contributed by atoms with Crippen LogP contribution in [0.25, 0.3) is 11.1 Å². The maximum absolute atomic E-state index is 14.3. The average Bonchev–Trinajstić information content (AvgIpc) is 2.93. The number of amides is 3. The van der Waals surface area contributed by atoms with Gasteiger partial charge in [0, 0.05) is 24.2 Å². The van der Waals surface area contributed by atoms with E-state index in [1.54, 1.807) is 65.6 Å². The summed E-state index contributed by atoms with van der Waals surface area (Å²) < 4.78 is 14.3. The van der Waals surface area contributed by atoms with Crippen LogP contribution in [0, 0.1) is 5.82 Å². The first kappa shape index (κ1) is 19.9. The Hall–Kier alpha value is -4.00. The summed E-state index contributed by atoms with van der Waals surface area (Å²) in [6, 6.07) is 19.3. The van der Waals surface area contributed by atoms with E-state index in [1.807, 2.05) is 6.07 Å². The van der Waals surface area contributed by atoms with Crippen molar-refractivity contribution in [3.05, 3.63) is 89.7 Å². The van der Waals surface area contributed by atoms with Gasteiger partial charge in [-0.3, -0.25) is 14.4 Å². The molecule has 160 valence electrons. The molecule has 0 unspecified atom stereocenters. The summed E-state index contributed by atoms with van der Waals surface area (Å²) in [5.74, 6) is -1.22. The maximum atomic E-state index is 14.3. The molecule has 5 rings (SSSR count). The number of anilines is 1. The van der Waals surface area contributed by atoms with E-state index in [0.717, 1.165) is 0 Å². The summed E-state index contributed by atoms with van der Waals surface area (Å²) in [5.41, 5.74) is 2.17. The number of fused-ring (bicyclic) bond motifs is 2. The number of rotatable bonds is 2. The van der Waals surface area contributed by atoms with Gasteiger partial charge in [0.15, 0.2) is 0 Å². The van der Waals surface area contributed by atoms with E-state index >= 15 is 0 Å². The van der Waals surface area contributed by atoms with Crippen LogP contribution < -0.4 is 5.32 Å². The van der Waals surface area contributed by atoms with Crippen LogP contribution in [-0.4, -0.2) is 53.2 Å². The van der Waals surface area contributed by atoms with E-state index in [9.17, 15) is 18.8 Å². The lowest BCUT2D eigenvalue weighted by Gasteiger charge is -2.39. The highest BCUT2D eigenvalue weighted by Crippen LogP contribution is 2.31. The zero-order chi connectivity index (χ0) is 22.2. The topological polar surface area (TPSA) is 69.7 Å². The van der Waals surface area contributed by atoms with Gasteiger partial charge in [-0.2, -0.15) is 0 Å². The molecule has 1 N–H and O–H groups in total. The highest BCUT2D eigenvalue weighted by Gasteiger charge is 2.40. The van der Waals surface area contributed by atoms with Gasteiger partial charge in [-0.1, -0.05) is 42.5 Å². The number of piperazine rings is 1. The van der Waals surface area contributed by atoms with E-state index in [4.69, 9.17) is 0 Å². The molecular formula is C25H20FN3O3. The van der Waals surface area contributed by atoms with Crippen molar-refractivity contribution in [1.82, 2.24) is 9.80 Å². The molecule has 3 amide bonds. The van der Waals surface area contributed by atoms with Gasteiger partial charge in [0.25, 0.3) is 11.8 Å². The van der Waals surface area contributed by atoms with Gasteiger partial charge in [-0.25, -0.2) is 4.39 Å². The van der Waals surface area contributed by atoms with E-state index in [0.29, 0.717) is 34.5 Å². The number of nitrogens with one attached hydrogen (secondary N) is 1. The van der Waals surface area contributed by atoms with Crippen molar-refractivity contribution in [3.63, 3.8) is 0 Å². The summed E-state index contributed by atoms with van der Waals surface area (Å²) >= 11 is 0. The number of nitrogens with zero attached hydrogens (tertiary/aromatic N) is 2. The number of carbonyl (C=O) groups is 3. The van der Waals surface area contributed by atoms with Gasteiger partial charge >= 0.3 is 0 Å². The zero-order valence-corrected chi connectivity index (χ0v) is 17.1. The molecule has 1 saturated heterocycles. The molecule has 7 heteroatoms. The van der Waals surface area contributed by atoms with Crippen LogP contribution in [-0.2, 0) is 4.79 Å². The SMILES string of the molecule is O=C1Nc2ccc(-c3ccccc3F)cc2C(=O)N2CCN(C(=O)c3ccccc3)C[C@H]12. The highest BCUT2D eigenvalue weighted by molar-refractivity contribution is 6.11. The Morgan fingerprint density at radius 1 is 0.906 bits per heavy atom. The molecule has 0 bridgehead atoms. The Morgan fingerprint density at radius 2 is 1.66 bits per heavy atom. The van der Waals surface area contributed by atoms with Crippen molar-refractivity contribution in [2.24, 2.45) is 0 Å². The lowest BCUT2D eigenvalue weighted by molar-refractivity contribution is -0.121. The maximum Gasteiger partial charge on any atom is 0.256 e. The van der Waals surface area contributed by atoms with E-state index in [2.05, 4.69) is 5.32 Å². The number of benzene rings is 3. The summed E-state index contributed by atoms with van der Waals surface area (Å²) in [5, 5.41) is 2.81. The minimum absolute atomic E-state index is 0.111. The van der Waals surface area contributed by atoms with Crippen LogP contribution in [0.1, 0.15) is 20.7 Å². The molecular weight excluding hydrogens is 409 g/mol. The van der Waals surface area contributed by atoms with Crippen LogP contribution in [0.2, 0.25) is 0 Å². The molecule has 0 spiro atoms. The molecule has 3 aromatic carbocycles. The molecule has 6 nitrogen and oxygen atoms in total. The second-order valence-electron chi connectivity index (χ2n) is 7.86. The van der Waals surface area contributed by atoms with E-state index in [1.165, 1.54) is 11.0 Å². The van der Waals surface area contributed by atoms with Gasteiger partial charge in [-0.05, 0) is 35.9 Å². The Labute approximate surface area is 184 Å². The molecule has 0 radical (unpaired) electrons. The van der Waals surface area contributed by atoms with Crippen molar-refractivity contribution in [3.8, 4) is 11.1 Å². The quantitative estimate of drug-likeness (QED) is 0.679. The standard InChI is InChI=1S/C25H20FN3O3/c26-20-9-5-4-8-18(20)17-10-11-21-19(14-17)25(32)29-13-12-28(15-22(29)23(30)27-21)24(31)16-6-2-1-3-7-16/h1-11,14,22H,12-13,15H2,(H,27,30)/t22-/m1/s1. The Kier molecular flexibility index (Phi) is 4.93. The van der Waals surface area contributed by atoms with E-state index < -0.39 is 6.04 Å². The molecule has 0 saturated carbocycles. The van der Waals surface area contributed by atoms with Crippen LogP contribution in [0.15, 0.2) is 72.8 Å². The van der Waals surface area contributed by atoms with Crippen molar-refractivity contribution >= 4 is 23.4 Å². The predicted molar refractivity (Wildman–Crippen MR) is 118 cm³/mol. The van der Waals surface area contributed by atoms with E-state index in [-0.39, 0.29) is 36.6 Å². The molecule has 2 heterocycles. The molecule has 0 aliphatic carbocycles. The van der Waals surface area contributed by atoms with Gasteiger partial charge < -0.3 is 15.1 Å². The monoisotopic (exact) mass is 429 g/mol. The second kappa shape index (κ2) is 7.92. The third-order valence-electron chi connectivity index (χ3n) is 5.94. The first-order valence-corrected chi connectivity index (χ1v) is 10.4. The van der Waals surface area contributed by atoms with Crippen molar-refractivity contribution in [1.29, 1.82) is 0 Å². The van der Waals surface area contributed by atoms with Crippen molar-refractivity contribution in [2.45, 2.75) is 6.04 Å². The number of hydrogen-bond donors (Lipinski definition) is 1. The fourth-order valence-corrected chi connectivity index (χ4v) is 4.26. The van der Waals surface area contributed by atoms with Crippen molar-refractivity contribution in [2.75, 3.05) is 25.0 Å². The summed E-state index contributed by atoms with van der Waals surface area (Å²) in [6.45, 7) is 0.671. The molecule has 1 fully saturated rings. The smallest absolute Gasteiger partial charge is 0.256 e. The van der Waals surface area contributed by atoms with Crippen LogP contribution in [0.4, 0.5) is 10.1 Å². The molecule has 3 aromatic rings. The molecule has 2 aliphatic rings. The largest absolute Gasteiger partial charge is 0.334 e. The number of hydrogen-bond acceptors (Lipinski definition) is 3. The summed E-state index contributed by atoms with van der Waals surface area (Å²) in [6.07, 6.45) is 0. The van der Waals surface area contributed by atoms with Crippen LogP contribution in [0.3, 0.4) is 0 Å². The predicted octanol–water partition coefficient (Wildman–Crippen LogP) is 3.41. The molecule has 2 aliphatic heterocycles. The van der Waals surface area contributed by atoms with Crippen LogP contribution >= 0.6 is 0 Å². The summed E-state index contributed by atoms with van der Waals surface area (Å²) in [4.78, 5) is 42.3. The van der Waals surface area contributed by atoms with Gasteiger partial charge in [-0.15, -0.1) is 0 Å².